The zero-order valence-corrected chi connectivity index (χ0v) is 21.2. The number of aryl methyl sites for hydroxylation is 2. The number of carbonyl (C=O) groups excluding carboxylic acids is 2. The lowest BCUT2D eigenvalue weighted by atomic mass is 9.96. The number of esters is 2. The van der Waals surface area contributed by atoms with E-state index in [0.717, 1.165) is 36.8 Å². The number of hydrogen-bond acceptors (Lipinski definition) is 6. The summed E-state index contributed by atoms with van der Waals surface area (Å²) in [6.07, 6.45) is 8.09. The molecule has 2 aromatic carbocycles. The largest absolute Gasteiger partial charge is 0.469 e. The van der Waals surface area contributed by atoms with Gasteiger partial charge in [0.05, 0.1) is 25.9 Å². The van der Waals surface area contributed by atoms with Gasteiger partial charge in [-0.25, -0.2) is 4.79 Å². The summed E-state index contributed by atoms with van der Waals surface area (Å²) in [5.41, 5.74) is 3.47. The molecule has 0 spiro atoms. The Labute approximate surface area is 208 Å². The van der Waals surface area contributed by atoms with Crippen LogP contribution < -0.4 is 0 Å². The smallest absolute Gasteiger partial charge is 0.336 e. The summed E-state index contributed by atoms with van der Waals surface area (Å²) in [6, 6.07) is 18.6. The van der Waals surface area contributed by atoms with Crippen molar-refractivity contribution < 1.29 is 24.2 Å². The molecule has 186 valence electrons. The third-order valence-corrected chi connectivity index (χ3v) is 7.24. The predicted molar refractivity (Wildman–Crippen MR) is 138 cm³/mol. The highest BCUT2D eigenvalue weighted by Gasteiger charge is 2.30. The van der Waals surface area contributed by atoms with Gasteiger partial charge in [0.15, 0.2) is 6.10 Å². The van der Waals surface area contributed by atoms with Crippen LogP contribution in [-0.2, 0) is 31.9 Å². The summed E-state index contributed by atoms with van der Waals surface area (Å²) in [6.45, 7) is 0. The molecule has 0 saturated carbocycles. The van der Waals surface area contributed by atoms with Gasteiger partial charge in [0.2, 0.25) is 0 Å². The SMILES string of the molecule is COC(=O)CCS[C@H](c1ccccc1CCCCCCCCc1ccccc1)[C@@H](O)C(=O)OC. The molecule has 2 atom stereocenters. The first-order valence-corrected chi connectivity index (χ1v) is 13.2. The molecule has 34 heavy (non-hydrogen) atoms. The molecule has 0 bridgehead atoms. The molecule has 6 heteroatoms. The summed E-state index contributed by atoms with van der Waals surface area (Å²) in [4.78, 5) is 23.6. The minimum absolute atomic E-state index is 0.220. The quantitative estimate of drug-likeness (QED) is 0.243. The molecule has 0 heterocycles. The third kappa shape index (κ3) is 9.90. The molecule has 0 saturated heterocycles. The van der Waals surface area contributed by atoms with Crippen molar-refractivity contribution in [3.8, 4) is 0 Å². The van der Waals surface area contributed by atoms with Crippen LogP contribution in [0, 0.1) is 0 Å². The number of rotatable bonds is 16. The fourth-order valence-electron chi connectivity index (χ4n) is 4.00. The van der Waals surface area contributed by atoms with E-state index < -0.39 is 17.3 Å². The van der Waals surface area contributed by atoms with Crippen molar-refractivity contribution in [1.29, 1.82) is 0 Å². The molecule has 0 aliphatic rings. The number of methoxy groups -OCH3 is 2. The summed E-state index contributed by atoms with van der Waals surface area (Å²) in [7, 11) is 2.62. The van der Waals surface area contributed by atoms with Gasteiger partial charge in [0, 0.05) is 5.75 Å². The highest BCUT2D eigenvalue weighted by molar-refractivity contribution is 7.99. The average Bonchev–Trinajstić information content (AvgIpc) is 2.88. The van der Waals surface area contributed by atoms with E-state index in [-0.39, 0.29) is 12.4 Å². The van der Waals surface area contributed by atoms with Crippen LogP contribution in [0.1, 0.15) is 66.9 Å². The van der Waals surface area contributed by atoms with Gasteiger partial charge in [-0.2, -0.15) is 0 Å². The van der Waals surface area contributed by atoms with Crippen molar-refractivity contribution in [3.63, 3.8) is 0 Å². The number of hydrogen-bond donors (Lipinski definition) is 1. The first kappa shape index (κ1) is 27.9. The molecule has 0 radical (unpaired) electrons. The van der Waals surface area contributed by atoms with Crippen molar-refractivity contribution in [2.24, 2.45) is 0 Å². The summed E-state index contributed by atoms with van der Waals surface area (Å²) < 4.78 is 9.49. The van der Waals surface area contributed by atoms with Gasteiger partial charge in [-0.15, -0.1) is 11.8 Å². The first-order valence-electron chi connectivity index (χ1n) is 12.1. The summed E-state index contributed by atoms with van der Waals surface area (Å²) >= 11 is 1.38. The van der Waals surface area contributed by atoms with Crippen LogP contribution in [0.2, 0.25) is 0 Å². The minimum atomic E-state index is -1.29. The van der Waals surface area contributed by atoms with Crippen LogP contribution in [0.5, 0.6) is 0 Å². The van der Waals surface area contributed by atoms with E-state index >= 15 is 0 Å². The van der Waals surface area contributed by atoms with Crippen LogP contribution in [-0.4, -0.2) is 43.1 Å². The molecule has 0 fully saturated rings. The van der Waals surface area contributed by atoms with Crippen molar-refractivity contribution in [3.05, 3.63) is 71.3 Å². The van der Waals surface area contributed by atoms with E-state index in [1.165, 1.54) is 57.2 Å². The number of aliphatic hydroxyl groups excluding tert-OH is 1. The van der Waals surface area contributed by atoms with Gasteiger partial charge in [0.25, 0.3) is 0 Å². The van der Waals surface area contributed by atoms with Gasteiger partial charge in [-0.05, 0) is 42.4 Å². The lowest BCUT2D eigenvalue weighted by Crippen LogP contribution is -2.28. The zero-order chi connectivity index (χ0) is 24.6. The molecule has 0 aromatic heterocycles. The summed E-state index contributed by atoms with van der Waals surface area (Å²) in [5, 5.41) is 10.1. The average molecular weight is 487 g/mol. The molecule has 0 aliphatic carbocycles. The van der Waals surface area contributed by atoms with Gasteiger partial charge in [-0.1, -0.05) is 80.3 Å². The Bertz CT molecular complexity index is 855. The maximum atomic E-state index is 12.1. The van der Waals surface area contributed by atoms with Crippen molar-refractivity contribution in [1.82, 2.24) is 0 Å². The number of thioether (sulfide) groups is 1. The predicted octanol–water partition coefficient (Wildman–Crippen LogP) is 5.68. The Morgan fingerprint density at radius 1 is 0.824 bits per heavy atom. The molecular formula is C28H38O5S. The number of benzene rings is 2. The van der Waals surface area contributed by atoms with Gasteiger partial charge < -0.3 is 14.6 Å². The summed E-state index contributed by atoms with van der Waals surface area (Å²) in [5.74, 6) is -0.528. The Kier molecular flexibility index (Phi) is 13.4. The van der Waals surface area contributed by atoms with E-state index in [1.807, 2.05) is 18.2 Å². The lowest BCUT2D eigenvalue weighted by Gasteiger charge is -2.23. The van der Waals surface area contributed by atoms with E-state index in [1.54, 1.807) is 0 Å². The van der Waals surface area contributed by atoms with Gasteiger partial charge in [-0.3, -0.25) is 4.79 Å². The Morgan fingerprint density at radius 3 is 2.12 bits per heavy atom. The van der Waals surface area contributed by atoms with E-state index in [4.69, 9.17) is 9.47 Å². The van der Waals surface area contributed by atoms with Gasteiger partial charge >= 0.3 is 11.9 Å². The minimum Gasteiger partial charge on any atom is -0.469 e. The Hall–Kier alpha value is -2.31. The zero-order valence-electron chi connectivity index (χ0n) is 20.4. The van der Waals surface area contributed by atoms with Crippen LogP contribution in [0.3, 0.4) is 0 Å². The molecule has 0 amide bonds. The third-order valence-electron chi connectivity index (χ3n) is 5.93. The monoisotopic (exact) mass is 486 g/mol. The topological polar surface area (TPSA) is 72.8 Å². The lowest BCUT2D eigenvalue weighted by molar-refractivity contribution is -0.150. The normalized spacial score (nSPS) is 12.7. The van der Waals surface area contributed by atoms with Crippen LogP contribution in [0.15, 0.2) is 54.6 Å². The molecule has 5 nitrogen and oxygen atoms in total. The maximum Gasteiger partial charge on any atom is 0.336 e. The highest BCUT2D eigenvalue weighted by atomic mass is 32.2. The second-order valence-corrected chi connectivity index (χ2v) is 9.64. The highest BCUT2D eigenvalue weighted by Crippen LogP contribution is 2.36. The number of ether oxygens (including phenoxy) is 2. The molecule has 1 N–H and O–H groups in total. The Balaban J connectivity index is 1.84. The molecule has 2 aromatic rings. The molecule has 0 aliphatic heterocycles. The maximum absolute atomic E-state index is 12.1. The van der Waals surface area contributed by atoms with E-state index in [9.17, 15) is 14.7 Å². The van der Waals surface area contributed by atoms with Gasteiger partial charge in [0.1, 0.15) is 0 Å². The van der Waals surface area contributed by atoms with Crippen molar-refractivity contribution >= 4 is 23.7 Å². The standard InChI is InChI=1S/C28H38O5S/c1-32-25(29)20-21-34-27(26(30)28(31)33-2)24-19-13-12-18-23(24)17-11-6-4-3-5-8-14-22-15-9-7-10-16-22/h7,9-10,12-13,15-16,18-19,26-27,30H,3-6,8,11,14,17,20-21H2,1-2H3/t26-,27-/m1/s1. The van der Waals surface area contributed by atoms with Crippen molar-refractivity contribution in [2.45, 2.75) is 69.1 Å². The van der Waals surface area contributed by atoms with Crippen LogP contribution in [0.25, 0.3) is 0 Å². The second kappa shape index (κ2) is 16.3. The first-order chi connectivity index (χ1) is 16.6. The molecule has 2 rings (SSSR count). The van der Waals surface area contributed by atoms with Crippen LogP contribution >= 0.6 is 11.8 Å². The van der Waals surface area contributed by atoms with E-state index in [2.05, 4.69) is 36.4 Å². The van der Waals surface area contributed by atoms with Crippen LogP contribution in [0.4, 0.5) is 0 Å². The van der Waals surface area contributed by atoms with E-state index in [0.29, 0.717) is 5.75 Å². The molecular weight excluding hydrogens is 448 g/mol. The number of carbonyl (C=O) groups is 2. The number of unbranched alkanes of at least 4 members (excludes halogenated alkanes) is 5. The second-order valence-electron chi connectivity index (χ2n) is 8.39. The molecule has 0 unspecified atom stereocenters. The van der Waals surface area contributed by atoms with Crippen molar-refractivity contribution in [2.75, 3.05) is 20.0 Å². The Morgan fingerprint density at radius 2 is 1.44 bits per heavy atom. The fraction of sp³-hybridized carbons (Fsp3) is 0.500. The fourth-order valence-corrected chi connectivity index (χ4v) is 5.24. The number of aliphatic hydroxyl groups is 1.